The van der Waals surface area contributed by atoms with E-state index in [9.17, 15) is 9.90 Å². The third kappa shape index (κ3) is 1.96. The van der Waals surface area contributed by atoms with Gasteiger partial charge in [-0.15, -0.1) is 0 Å². The number of rotatable bonds is 2. The number of aliphatic hydroxyl groups is 1. The summed E-state index contributed by atoms with van der Waals surface area (Å²) in [6.07, 6.45) is 1.12. The van der Waals surface area contributed by atoms with Gasteiger partial charge < -0.3 is 5.11 Å². The lowest BCUT2D eigenvalue weighted by atomic mass is 9.96. The Hall–Kier alpha value is -1.68. The zero-order valence-electron chi connectivity index (χ0n) is 10.1. The Bertz CT molecular complexity index is 456. The summed E-state index contributed by atoms with van der Waals surface area (Å²) in [4.78, 5) is 11.6. The average molecular weight is 232 g/mol. The second-order valence-corrected chi connectivity index (χ2v) is 4.21. The van der Waals surface area contributed by atoms with Gasteiger partial charge in [-0.1, -0.05) is 37.3 Å². The Morgan fingerprint density at radius 3 is 2.65 bits per heavy atom. The molecule has 1 aromatic rings. The van der Waals surface area contributed by atoms with Crippen molar-refractivity contribution in [3.05, 3.63) is 35.9 Å². The summed E-state index contributed by atoms with van der Waals surface area (Å²) < 4.78 is 0. The molecule has 1 aliphatic heterocycles. The first-order valence-electron chi connectivity index (χ1n) is 5.73. The highest BCUT2D eigenvalue weighted by Gasteiger charge is 2.43. The highest BCUT2D eigenvalue weighted by atomic mass is 16.3. The van der Waals surface area contributed by atoms with Crippen LogP contribution in [0, 0.1) is 0 Å². The van der Waals surface area contributed by atoms with Crippen molar-refractivity contribution in [2.24, 2.45) is 5.10 Å². The predicted molar refractivity (Wildman–Crippen MR) is 65.2 cm³/mol. The molecule has 1 heterocycles. The van der Waals surface area contributed by atoms with Crippen LogP contribution < -0.4 is 0 Å². The van der Waals surface area contributed by atoms with Crippen molar-refractivity contribution >= 4 is 11.6 Å². The number of hydrogen-bond acceptors (Lipinski definition) is 3. The number of hydrogen-bond donors (Lipinski definition) is 1. The fourth-order valence-electron chi connectivity index (χ4n) is 2.07. The summed E-state index contributed by atoms with van der Waals surface area (Å²) in [6.45, 7) is 3.38. The van der Waals surface area contributed by atoms with Gasteiger partial charge in [-0.2, -0.15) is 10.1 Å². The van der Waals surface area contributed by atoms with Crippen LogP contribution >= 0.6 is 0 Å². The van der Waals surface area contributed by atoms with Crippen LogP contribution in [0.25, 0.3) is 0 Å². The number of benzene rings is 1. The second-order valence-electron chi connectivity index (χ2n) is 4.21. The fraction of sp³-hybridized carbons (Fsp3) is 0.385. The van der Waals surface area contributed by atoms with Crippen LogP contribution in [0.2, 0.25) is 0 Å². The van der Waals surface area contributed by atoms with Gasteiger partial charge in [-0.05, 0) is 6.42 Å². The lowest BCUT2D eigenvalue weighted by Gasteiger charge is -2.30. The Kier molecular flexibility index (Phi) is 2.98. The zero-order chi connectivity index (χ0) is 12.5. The minimum atomic E-state index is -1.32. The topological polar surface area (TPSA) is 52.9 Å². The Morgan fingerprint density at radius 1 is 1.47 bits per heavy atom. The highest BCUT2D eigenvalue weighted by molar-refractivity contribution is 5.90. The van der Waals surface area contributed by atoms with Crippen LogP contribution in [-0.2, 0) is 10.5 Å². The molecule has 90 valence electrons. The largest absolute Gasteiger partial charge is 0.365 e. The van der Waals surface area contributed by atoms with Crippen LogP contribution in [0.3, 0.4) is 0 Å². The first-order valence-corrected chi connectivity index (χ1v) is 5.73. The molecule has 0 spiro atoms. The van der Waals surface area contributed by atoms with E-state index in [0.717, 1.165) is 12.1 Å². The normalized spacial score (nSPS) is 23.7. The van der Waals surface area contributed by atoms with Gasteiger partial charge in [0.1, 0.15) is 0 Å². The highest BCUT2D eigenvalue weighted by Crippen LogP contribution is 2.35. The molecule has 2 rings (SSSR count). The molecule has 0 radical (unpaired) electrons. The van der Waals surface area contributed by atoms with Gasteiger partial charge >= 0.3 is 0 Å². The van der Waals surface area contributed by atoms with Crippen LogP contribution in [0.15, 0.2) is 35.4 Å². The number of nitrogens with zero attached hydrogens (tertiary/aromatic N) is 2. The summed E-state index contributed by atoms with van der Waals surface area (Å²) >= 11 is 0. The predicted octanol–water partition coefficient (Wildman–Crippen LogP) is 1.85. The molecule has 0 saturated carbocycles. The van der Waals surface area contributed by atoms with Gasteiger partial charge in [-0.25, -0.2) is 0 Å². The van der Waals surface area contributed by atoms with E-state index in [1.54, 1.807) is 0 Å². The van der Waals surface area contributed by atoms with Crippen LogP contribution in [0.4, 0.5) is 0 Å². The maximum absolute atomic E-state index is 11.6. The molecule has 0 aliphatic carbocycles. The van der Waals surface area contributed by atoms with E-state index >= 15 is 0 Å². The van der Waals surface area contributed by atoms with E-state index < -0.39 is 5.72 Å². The Balaban J connectivity index is 2.41. The molecule has 1 atom stereocenters. The minimum absolute atomic E-state index is 0.250. The Morgan fingerprint density at radius 2 is 2.12 bits per heavy atom. The standard InChI is InChI=1S/C13H16N2O2/c1-3-12-9-13(17,15(14-12)10(2)16)11-7-5-4-6-8-11/h4-8,17H,3,9H2,1-2H3/t13-/m1/s1. The number of amides is 1. The molecule has 0 bridgehead atoms. The first-order chi connectivity index (χ1) is 8.08. The molecule has 1 N–H and O–H groups in total. The molecular weight excluding hydrogens is 216 g/mol. The number of carbonyl (C=O) groups is 1. The lowest BCUT2D eigenvalue weighted by Crippen LogP contribution is -2.42. The molecule has 0 fully saturated rings. The second kappa shape index (κ2) is 4.30. The summed E-state index contributed by atoms with van der Waals surface area (Å²) in [6, 6.07) is 9.18. The summed E-state index contributed by atoms with van der Waals surface area (Å²) in [7, 11) is 0. The molecule has 0 saturated heterocycles. The van der Waals surface area contributed by atoms with Crippen molar-refractivity contribution in [3.8, 4) is 0 Å². The van der Waals surface area contributed by atoms with Gasteiger partial charge in [0.25, 0.3) is 0 Å². The summed E-state index contributed by atoms with van der Waals surface area (Å²) in [5.74, 6) is -0.250. The van der Waals surface area contributed by atoms with E-state index in [1.165, 1.54) is 11.9 Å². The lowest BCUT2D eigenvalue weighted by molar-refractivity contribution is -0.155. The van der Waals surface area contributed by atoms with Crippen molar-refractivity contribution in [2.75, 3.05) is 0 Å². The third-order valence-corrected chi connectivity index (χ3v) is 2.98. The maximum atomic E-state index is 11.6. The molecule has 4 nitrogen and oxygen atoms in total. The molecule has 1 amide bonds. The van der Waals surface area contributed by atoms with E-state index in [2.05, 4.69) is 5.10 Å². The Labute approximate surface area is 101 Å². The van der Waals surface area contributed by atoms with E-state index in [0.29, 0.717) is 12.0 Å². The van der Waals surface area contributed by atoms with Crippen molar-refractivity contribution < 1.29 is 9.90 Å². The molecular formula is C13H16N2O2. The van der Waals surface area contributed by atoms with Gasteiger partial charge in [0.15, 0.2) is 5.72 Å². The smallest absolute Gasteiger partial charge is 0.242 e. The SMILES string of the molecule is CCC1=NN(C(C)=O)[C@](O)(c2ccccc2)C1. The fourth-order valence-corrected chi connectivity index (χ4v) is 2.07. The minimum Gasteiger partial charge on any atom is -0.365 e. The van der Waals surface area contributed by atoms with E-state index in [1.807, 2.05) is 37.3 Å². The van der Waals surface area contributed by atoms with E-state index in [4.69, 9.17) is 0 Å². The van der Waals surface area contributed by atoms with Gasteiger partial charge in [-0.3, -0.25) is 4.79 Å². The van der Waals surface area contributed by atoms with Crippen molar-refractivity contribution in [2.45, 2.75) is 32.4 Å². The van der Waals surface area contributed by atoms with Crippen molar-refractivity contribution in [1.82, 2.24) is 5.01 Å². The summed E-state index contributed by atoms with van der Waals surface area (Å²) in [5.41, 5.74) is 0.215. The van der Waals surface area contributed by atoms with Crippen LogP contribution in [0.5, 0.6) is 0 Å². The van der Waals surface area contributed by atoms with Gasteiger partial charge in [0.05, 0.1) is 0 Å². The molecule has 17 heavy (non-hydrogen) atoms. The third-order valence-electron chi connectivity index (χ3n) is 2.98. The average Bonchev–Trinajstić information content (AvgIpc) is 2.69. The van der Waals surface area contributed by atoms with Gasteiger partial charge in [0.2, 0.25) is 5.91 Å². The molecule has 1 aromatic carbocycles. The number of carbonyl (C=O) groups excluding carboxylic acids is 1. The van der Waals surface area contributed by atoms with E-state index in [-0.39, 0.29) is 5.91 Å². The molecule has 0 aromatic heterocycles. The number of hydrazone groups is 1. The quantitative estimate of drug-likeness (QED) is 0.846. The molecule has 0 unspecified atom stereocenters. The van der Waals surface area contributed by atoms with Crippen molar-refractivity contribution in [3.63, 3.8) is 0 Å². The van der Waals surface area contributed by atoms with Gasteiger partial charge in [0, 0.05) is 24.6 Å². The summed E-state index contributed by atoms with van der Waals surface area (Å²) in [5, 5.41) is 16.1. The first kappa shape index (κ1) is 11.8. The van der Waals surface area contributed by atoms with Crippen LogP contribution in [-0.4, -0.2) is 21.7 Å². The van der Waals surface area contributed by atoms with Crippen LogP contribution in [0.1, 0.15) is 32.3 Å². The molecule has 4 heteroatoms. The molecule has 1 aliphatic rings. The monoisotopic (exact) mass is 232 g/mol. The van der Waals surface area contributed by atoms with Crippen molar-refractivity contribution in [1.29, 1.82) is 0 Å². The maximum Gasteiger partial charge on any atom is 0.242 e. The zero-order valence-corrected chi connectivity index (χ0v) is 10.1.